The van der Waals surface area contributed by atoms with Crippen LogP contribution in [0.5, 0.6) is 0 Å². The standard InChI is InChI=1S/C16H28O4/c1-7-9-10-16(11(3)4)12(13(17)19-8-2)15(5,6)14(18)20-16/h11-12H,7-10H2,1-6H3/t12-,16-/m0/s1. The van der Waals surface area contributed by atoms with Crippen molar-refractivity contribution in [3.63, 3.8) is 0 Å². The molecule has 0 aromatic rings. The van der Waals surface area contributed by atoms with Crippen LogP contribution in [-0.4, -0.2) is 24.1 Å². The Kier molecular flexibility index (Phi) is 5.22. The van der Waals surface area contributed by atoms with Crippen LogP contribution >= 0.6 is 0 Å². The summed E-state index contributed by atoms with van der Waals surface area (Å²) in [6.07, 6.45) is 2.64. The quantitative estimate of drug-likeness (QED) is 0.702. The number of hydrogen-bond donors (Lipinski definition) is 0. The molecule has 0 aliphatic carbocycles. The molecule has 1 heterocycles. The number of rotatable bonds is 6. The molecule has 0 aromatic heterocycles. The third kappa shape index (κ3) is 2.70. The smallest absolute Gasteiger partial charge is 0.314 e. The van der Waals surface area contributed by atoms with Crippen molar-refractivity contribution >= 4 is 11.9 Å². The summed E-state index contributed by atoms with van der Waals surface area (Å²) in [4.78, 5) is 24.7. The molecule has 0 saturated carbocycles. The lowest BCUT2D eigenvalue weighted by Crippen LogP contribution is -2.48. The zero-order valence-corrected chi connectivity index (χ0v) is 13.6. The van der Waals surface area contributed by atoms with Crippen LogP contribution in [0.25, 0.3) is 0 Å². The second-order valence-electron chi connectivity index (χ2n) is 6.51. The molecule has 0 bridgehead atoms. The minimum atomic E-state index is -0.829. The summed E-state index contributed by atoms with van der Waals surface area (Å²) < 4.78 is 11.0. The first-order valence-corrected chi connectivity index (χ1v) is 7.64. The van der Waals surface area contributed by atoms with Crippen LogP contribution in [0.15, 0.2) is 0 Å². The molecule has 1 aliphatic rings. The highest BCUT2D eigenvalue weighted by atomic mass is 16.6. The van der Waals surface area contributed by atoms with Gasteiger partial charge in [0.1, 0.15) is 11.5 Å². The fourth-order valence-corrected chi connectivity index (χ4v) is 3.20. The Bertz CT molecular complexity index is 373. The second kappa shape index (κ2) is 6.15. The molecule has 0 N–H and O–H groups in total. The van der Waals surface area contributed by atoms with Gasteiger partial charge in [0.2, 0.25) is 0 Å². The normalized spacial score (nSPS) is 28.6. The number of carbonyl (C=O) groups is 2. The zero-order chi connectivity index (χ0) is 15.6. The van der Waals surface area contributed by atoms with Crippen LogP contribution in [0, 0.1) is 17.3 Å². The van der Waals surface area contributed by atoms with Crippen molar-refractivity contribution in [3.05, 3.63) is 0 Å². The molecular weight excluding hydrogens is 256 g/mol. The molecule has 4 heteroatoms. The topological polar surface area (TPSA) is 52.6 Å². The van der Waals surface area contributed by atoms with E-state index in [4.69, 9.17) is 9.47 Å². The Balaban J connectivity index is 3.24. The molecule has 1 saturated heterocycles. The molecule has 0 spiro atoms. The summed E-state index contributed by atoms with van der Waals surface area (Å²) in [5, 5.41) is 0. The highest BCUT2D eigenvalue weighted by Crippen LogP contribution is 2.52. The number of ether oxygens (including phenoxy) is 2. The lowest BCUT2D eigenvalue weighted by Gasteiger charge is -2.38. The molecular formula is C16H28O4. The summed E-state index contributed by atoms with van der Waals surface area (Å²) in [5.41, 5.74) is -1.56. The molecule has 0 unspecified atom stereocenters. The third-order valence-corrected chi connectivity index (χ3v) is 4.44. The maximum absolute atomic E-state index is 12.4. The summed E-state index contributed by atoms with van der Waals surface area (Å²) >= 11 is 0. The van der Waals surface area contributed by atoms with Crippen molar-refractivity contribution in [1.82, 2.24) is 0 Å². The van der Waals surface area contributed by atoms with Crippen molar-refractivity contribution in [2.75, 3.05) is 6.61 Å². The molecule has 4 nitrogen and oxygen atoms in total. The Morgan fingerprint density at radius 1 is 1.35 bits per heavy atom. The monoisotopic (exact) mass is 284 g/mol. The van der Waals surface area contributed by atoms with Crippen LogP contribution in [0.2, 0.25) is 0 Å². The van der Waals surface area contributed by atoms with Gasteiger partial charge in [-0.3, -0.25) is 9.59 Å². The highest BCUT2D eigenvalue weighted by molar-refractivity contribution is 5.89. The molecule has 0 aromatic carbocycles. The number of carbonyl (C=O) groups excluding carboxylic acids is 2. The van der Waals surface area contributed by atoms with Crippen molar-refractivity contribution in [2.24, 2.45) is 17.3 Å². The van der Waals surface area contributed by atoms with Gasteiger partial charge >= 0.3 is 11.9 Å². The molecule has 1 aliphatic heterocycles. The van der Waals surface area contributed by atoms with E-state index in [1.165, 1.54) is 0 Å². The van der Waals surface area contributed by atoms with Crippen LogP contribution in [0.4, 0.5) is 0 Å². The summed E-state index contributed by atoms with van der Waals surface area (Å²) in [6, 6.07) is 0. The Morgan fingerprint density at radius 2 is 1.95 bits per heavy atom. The summed E-state index contributed by atoms with van der Waals surface area (Å²) in [5.74, 6) is -1.06. The summed E-state index contributed by atoms with van der Waals surface area (Å²) in [7, 11) is 0. The lowest BCUT2D eigenvalue weighted by atomic mass is 9.66. The van der Waals surface area contributed by atoms with E-state index in [-0.39, 0.29) is 17.9 Å². The van der Waals surface area contributed by atoms with E-state index >= 15 is 0 Å². The van der Waals surface area contributed by atoms with E-state index < -0.39 is 16.9 Å². The van der Waals surface area contributed by atoms with E-state index in [9.17, 15) is 9.59 Å². The van der Waals surface area contributed by atoms with Crippen molar-refractivity contribution < 1.29 is 19.1 Å². The van der Waals surface area contributed by atoms with E-state index in [0.29, 0.717) is 13.0 Å². The van der Waals surface area contributed by atoms with E-state index in [2.05, 4.69) is 6.92 Å². The van der Waals surface area contributed by atoms with Gasteiger partial charge in [-0.2, -0.15) is 0 Å². The first kappa shape index (κ1) is 17.0. The fraction of sp³-hybridized carbons (Fsp3) is 0.875. The fourth-order valence-electron chi connectivity index (χ4n) is 3.20. The van der Waals surface area contributed by atoms with Gasteiger partial charge in [-0.15, -0.1) is 0 Å². The van der Waals surface area contributed by atoms with Crippen molar-refractivity contribution in [3.8, 4) is 0 Å². The first-order chi connectivity index (χ1) is 9.24. The SMILES string of the molecule is CCCC[C@@]1(C(C)C)OC(=O)C(C)(C)[C@@H]1C(=O)OCC. The maximum atomic E-state index is 12.4. The van der Waals surface area contributed by atoms with Crippen LogP contribution in [-0.2, 0) is 19.1 Å². The number of hydrogen-bond acceptors (Lipinski definition) is 4. The van der Waals surface area contributed by atoms with Gasteiger partial charge in [0.05, 0.1) is 12.0 Å². The van der Waals surface area contributed by atoms with Gasteiger partial charge < -0.3 is 9.47 Å². The second-order valence-corrected chi connectivity index (χ2v) is 6.51. The van der Waals surface area contributed by atoms with Crippen LogP contribution in [0.1, 0.15) is 60.8 Å². The predicted octanol–water partition coefficient (Wildman–Crippen LogP) is 3.33. The van der Waals surface area contributed by atoms with Gasteiger partial charge in [0.15, 0.2) is 0 Å². The molecule has 1 fully saturated rings. The Hall–Kier alpha value is -1.06. The van der Waals surface area contributed by atoms with Gasteiger partial charge in [-0.05, 0) is 39.5 Å². The first-order valence-electron chi connectivity index (χ1n) is 7.64. The molecule has 1 rings (SSSR count). The van der Waals surface area contributed by atoms with Gasteiger partial charge in [0.25, 0.3) is 0 Å². The largest absolute Gasteiger partial charge is 0.466 e. The van der Waals surface area contributed by atoms with Gasteiger partial charge in [0, 0.05) is 0 Å². The minimum absolute atomic E-state index is 0.0779. The summed E-state index contributed by atoms with van der Waals surface area (Å²) in [6.45, 7) is 11.8. The van der Waals surface area contributed by atoms with Crippen LogP contribution in [0.3, 0.4) is 0 Å². The van der Waals surface area contributed by atoms with E-state index in [1.807, 2.05) is 13.8 Å². The number of esters is 2. The van der Waals surface area contributed by atoms with Gasteiger partial charge in [-0.25, -0.2) is 0 Å². The molecule has 0 radical (unpaired) electrons. The molecule has 0 amide bonds. The number of unbranched alkanes of at least 4 members (excludes halogenated alkanes) is 1. The average molecular weight is 284 g/mol. The van der Waals surface area contributed by atoms with Crippen molar-refractivity contribution in [1.29, 1.82) is 0 Å². The zero-order valence-electron chi connectivity index (χ0n) is 13.6. The predicted molar refractivity (Wildman–Crippen MR) is 77.1 cm³/mol. The molecule has 2 atom stereocenters. The van der Waals surface area contributed by atoms with E-state index in [1.54, 1.807) is 20.8 Å². The lowest BCUT2D eigenvalue weighted by molar-refractivity contribution is -0.164. The average Bonchev–Trinajstić information content (AvgIpc) is 2.55. The molecule has 20 heavy (non-hydrogen) atoms. The van der Waals surface area contributed by atoms with Gasteiger partial charge in [-0.1, -0.05) is 27.2 Å². The maximum Gasteiger partial charge on any atom is 0.314 e. The third-order valence-electron chi connectivity index (χ3n) is 4.44. The Labute approximate surface area is 122 Å². The van der Waals surface area contributed by atoms with E-state index in [0.717, 1.165) is 12.8 Å². The minimum Gasteiger partial charge on any atom is -0.466 e. The number of cyclic esters (lactones) is 1. The highest BCUT2D eigenvalue weighted by Gasteiger charge is 2.64. The Morgan fingerprint density at radius 3 is 2.40 bits per heavy atom. The van der Waals surface area contributed by atoms with Crippen LogP contribution < -0.4 is 0 Å². The molecule has 116 valence electrons. The van der Waals surface area contributed by atoms with Crippen molar-refractivity contribution in [2.45, 2.75) is 66.4 Å².